The highest BCUT2D eigenvalue weighted by atomic mass is 32.1. The maximum Gasteiger partial charge on any atom is 0.261 e. The van der Waals surface area contributed by atoms with Crippen LogP contribution in [0.3, 0.4) is 0 Å². The molecule has 1 aromatic carbocycles. The number of methoxy groups -OCH3 is 1. The van der Waals surface area contributed by atoms with Gasteiger partial charge in [0.2, 0.25) is 0 Å². The van der Waals surface area contributed by atoms with E-state index >= 15 is 0 Å². The minimum Gasteiger partial charge on any atom is -0.385 e. The smallest absolute Gasteiger partial charge is 0.261 e. The van der Waals surface area contributed by atoms with E-state index in [0.717, 1.165) is 4.88 Å². The Labute approximate surface area is 148 Å². The van der Waals surface area contributed by atoms with Crippen molar-refractivity contribution in [1.82, 2.24) is 9.88 Å². The Morgan fingerprint density at radius 3 is 2.72 bits per heavy atom. The Balaban J connectivity index is 1.78. The zero-order chi connectivity index (χ0) is 18.0. The van der Waals surface area contributed by atoms with Crippen molar-refractivity contribution in [3.05, 3.63) is 46.0 Å². The van der Waals surface area contributed by atoms with Crippen molar-refractivity contribution in [1.29, 1.82) is 0 Å². The summed E-state index contributed by atoms with van der Waals surface area (Å²) in [5, 5.41) is 3.18. The molecule has 0 atom stereocenters. The zero-order valence-corrected chi connectivity index (χ0v) is 14.7. The molecule has 25 heavy (non-hydrogen) atoms. The number of nitrogens with one attached hydrogen (secondary N) is 1. The van der Waals surface area contributed by atoms with Gasteiger partial charge in [-0.1, -0.05) is 0 Å². The predicted octanol–water partition coefficient (Wildman–Crippen LogP) is 2.34. The summed E-state index contributed by atoms with van der Waals surface area (Å²) >= 11 is 1.36. The number of imide groups is 1. The predicted molar refractivity (Wildman–Crippen MR) is 93.1 cm³/mol. The molecule has 8 heteroatoms. The lowest BCUT2D eigenvalue weighted by atomic mass is 10.1. The molecular formula is C17H17N3O4S. The molecule has 0 fully saturated rings. The minimum absolute atomic E-state index is 0.255. The summed E-state index contributed by atoms with van der Waals surface area (Å²) in [6.07, 6.45) is 2.24. The van der Waals surface area contributed by atoms with E-state index < -0.39 is 0 Å². The van der Waals surface area contributed by atoms with E-state index in [1.165, 1.54) is 28.4 Å². The standard InChI is InChI=1S/C17H17N3O4S/c1-10-9-18-17(25-10)19-14(21)11-4-5-12-13(8-11)16(23)20(15(12)22)6-3-7-24-2/h4-5,8-9H,3,6-7H2,1-2H3,(H,18,19,21). The molecule has 0 saturated heterocycles. The number of hydrogen-bond donors (Lipinski definition) is 1. The van der Waals surface area contributed by atoms with Gasteiger partial charge in [0, 0.05) is 36.9 Å². The van der Waals surface area contributed by atoms with Crippen LogP contribution in [0.1, 0.15) is 42.4 Å². The molecule has 1 aromatic heterocycles. The zero-order valence-electron chi connectivity index (χ0n) is 13.9. The van der Waals surface area contributed by atoms with E-state index in [1.54, 1.807) is 19.4 Å². The molecule has 0 aliphatic carbocycles. The number of nitrogens with zero attached hydrogens (tertiary/aromatic N) is 2. The fraction of sp³-hybridized carbons (Fsp3) is 0.294. The molecule has 3 rings (SSSR count). The highest BCUT2D eigenvalue weighted by molar-refractivity contribution is 7.15. The molecule has 130 valence electrons. The Kier molecular flexibility index (Phi) is 4.91. The highest BCUT2D eigenvalue weighted by Gasteiger charge is 2.35. The highest BCUT2D eigenvalue weighted by Crippen LogP contribution is 2.25. The van der Waals surface area contributed by atoms with Crippen LogP contribution in [-0.4, -0.2) is 47.9 Å². The molecule has 1 aliphatic heterocycles. The Hall–Kier alpha value is -2.58. The average Bonchev–Trinajstić information content (AvgIpc) is 3.11. The minimum atomic E-state index is -0.379. The number of amides is 3. The van der Waals surface area contributed by atoms with Crippen molar-refractivity contribution < 1.29 is 19.1 Å². The number of carbonyl (C=O) groups is 3. The summed E-state index contributed by atoms with van der Waals surface area (Å²) in [5.74, 6) is -1.08. The van der Waals surface area contributed by atoms with Crippen molar-refractivity contribution in [3.8, 4) is 0 Å². The summed E-state index contributed by atoms with van der Waals surface area (Å²) in [5.41, 5.74) is 0.890. The van der Waals surface area contributed by atoms with Crippen LogP contribution in [0.15, 0.2) is 24.4 Å². The third-order valence-electron chi connectivity index (χ3n) is 3.80. The number of carbonyl (C=O) groups excluding carboxylic acids is 3. The molecule has 2 heterocycles. The second kappa shape index (κ2) is 7.12. The summed E-state index contributed by atoms with van der Waals surface area (Å²) < 4.78 is 4.95. The first-order valence-electron chi connectivity index (χ1n) is 7.74. The second-order valence-electron chi connectivity index (χ2n) is 5.60. The van der Waals surface area contributed by atoms with Crippen LogP contribution >= 0.6 is 11.3 Å². The number of benzene rings is 1. The molecule has 2 aromatic rings. The number of hydrogen-bond acceptors (Lipinski definition) is 6. The first-order chi connectivity index (χ1) is 12.0. The van der Waals surface area contributed by atoms with Crippen molar-refractivity contribution in [2.24, 2.45) is 0 Å². The third-order valence-corrected chi connectivity index (χ3v) is 4.63. The molecule has 1 aliphatic rings. The summed E-state index contributed by atoms with van der Waals surface area (Å²) in [7, 11) is 1.57. The molecular weight excluding hydrogens is 342 g/mol. The van der Waals surface area contributed by atoms with E-state index in [-0.39, 0.29) is 23.3 Å². The van der Waals surface area contributed by atoms with Gasteiger partial charge in [-0.3, -0.25) is 24.6 Å². The molecule has 0 radical (unpaired) electrons. The molecule has 0 spiro atoms. The summed E-state index contributed by atoms with van der Waals surface area (Å²) in [4.78, 5) is 43.4. The summed E-state index contributed by atoms with van der Waals surface area (Å²) in [6, 6.07) is 4.52. The fourth-order valence-electron chi connectivity index (χ4n) is 2.58. The number of aryl methyl sites for hydroxylation is 1. The van der Waals surface area contributed by atoms with E-state index in [1.807, 2.05) is 6.92 Å². The van der Waals surface area contributed by atoms with Crippen LogP contribution in [-0.2, 0) is 4.74 Å². The number of aromatic nitrogens is 1. The lowest BCUT2D eigenvalue weighted by Crippen LogP contribution is -2.31. The van der Waals surface area contributed by atoms with Gasteiger partial charge in [-0.05, 0) is 31.5 Å². The van der Waals surface area contributed by atoms with Crippen molar-refractivity contribution in [2.75, 3.05) is 25.6 Å². The van der Waals surface area contributed by atoms with Crippen molar-refractivity contribution >= 4 is 34.2 Å². The van der Waals surface area contributed by atoms with Crippen molar-refractivity contribution in [3.63, 3.8) is 0 Å². The lowest BCUT2D eigenvalue weighted by Gasteiger charge is -2.12. The van der Waals surface area contributed by atoms with Gasteiger partial charge in [0.1, 0.15) is 0 Å². The molecule has 1 N–H and O–H groups in total. The van der Waals surface area contributed by atoms with E-state index in [0.29, 0.717) is 35.8 Å². The van der Waals surface area contributed by atoms with Crippen LogP contribution in [0.25, 0.3) is 0 Å². The lowest BCUT2D eigenvalue weighted by molar-refractivity contribution is 0.0638. The monoisotopic (exact) mass is 359 g/mol. The topological polar surface area (TPSA) is 88.6 Å². The number of fused-ring (bicyclic) bond motifs is 1. The quantitative estimate of drug-likeness (QED) is 0.632. The largest absolute Gasteiger partial charge is 0.385 e. The maximum absolute atomic E-state index is 12.5. The number of ether oxygens (including phenoxy) is 1. The van der Waals surface area contributed by atoms with Gasteiger partial charge in [-0.25, -0.2) is 4.98 Å². The van der Waals surface area contributed by atoms with Gasteiger partial charge >= 0.3 is 0 Å². The molecule has 0 saturated carbocycles. The van der Waals surface area contributed by atoms with Gasteiger partial charge < -0.3 is 4.74 Å². The normalized spacial score (nSPS) is 13.3. The third kappa shape index (κ3) is 3.45. The number of anilines is 1. The molecule has 3 amide bonds. The Morgan fingerprint density at radius 2 is 2.04 bits per heavy atom. The average molecular weight is 359 g/mol. The summed E-state index contributed by atoms with van der Waals surface area (Å²) in [6.45, 7) is 2.65. The van der Waals surface area contributed by atoms with Crippen LogP contribution in [0.4, 0.5) is 5.13 Å². The van der Waals surface area contributed by atoms with Crippen LogP contribution in [0.2, 0.25) is 0 Å². The van der Waals surface area contributed by atoms with Crippen LogP contribution in [0.5, 0.6) is 0 Å². The molecule has 0 bridgehead atoms. The Bertz CT molecular complexity index is 846. The number of rotatable bonds is 6. The van der Waals surface area contributed by atoms with Gasteiger partial charge in [0.05, 0.1) is 11.1 Å². The van der Waals surface area contributed by atoms with Crippen LogP contribution in [0, 0.1) is 6.92 Å². The number of thiazole rings is 1. The maximum atomic E-state index is 12.5. The van der Waals surface area contributed by atoms with Gasteiger partial charge in [0.25, 0.3) is 17.7 Å². The first kappa shape index (κ1) is 17.2. The van der Waals surface area contributed by atoms with Crippen molar-refractivity contribution in [2.45, 2.75) is 13.3 Å². The molecule has 7 nitrogen and oxygen atoms in total. The van der Waals surface area contributed by atoms with E-state index in [9.17, 15) is 14.4 Å². The molecule has 0 unspecified atom stereocenters. The second-order valence-corrected chi connectivity index (χ2v) is 6.83. The fourth-order valence-corrected chi connectivity index (χ4v) is 3.24. The van der Waals surface area contributed by atoms with Crippen LogP contribution < -0.4 is 5.32 Å². The van der Waals surface area contributed by atoms with Gasteiger partial charge in [-0.15, -0.1) is 11.3 Å². The van der Waals surface area contributed by atoms with Gasteiger partial charge in [0.15, 0.2) is 5.13 Å². The SMILES string of the molecule is COCCCN1C(=O)c2ccc(C(=O)Nc3ncc(C)s3)cc2C1=O. The first-order valence-corrected chi connectivity index (χ1v) is 8.56. The van der Waals surface area contributed by atoms with E-state index in [4.69, 9.17) is 4.74 Å². The van der Waals surface area contributed by atoms with Gasteiger partial charge in [-0.2, -0.15) is 0 Å². The van der Waals surface area contributed by atoms with E-state index in [2.05, 4.69) is 10.3 Å². The Morgan fingerprint density at radius 1 is 1.28 bits per heavy atom.